The zero-order valence-corrected chi connectivity index (χ0v) is 18.0. The number of nitrogens with one attached hydrogen (secondary N) is 1. The molecular formula is C25H29NO5. The highest BCUT2D eigenvalue weighted by Gasteiger charge is 2.40. The van der Waals surface area contributed by atoms with Gasteiger partial charge in [0.25, 0.3) is 0 Å². The van der Waals surface area contributed by atoms with Gasteiger partial charge in [0.05, 0.1) is 5.57 Å². The number of fused-ring (bicyclic) bond motifs is 1. The predicted octanol–water partition coefficient (Wildman–Crippen LogP) is 4.65. The van der Waals surface area contributed by atoms with Crippen molar-refractivity contribution in [1.82, 2.24) is 5.32 Å². The van der Waals surface area contributed by atoms with Crippen LogP contribution in [0.4, 0.5) is 0 Å². The van der Waals surface area contributed by atoms with Gasteiger partial charge in [-0.1, -0.05) is 18.9 Å². The monoisotopic (exact) mass is 423 g/mol. The van der Waals surface area contributed by atoms with Crippen molar-refractivity contribution in [2.75, 3.05) is 6.79 Å². The maximum Gasteiger partial charge on any atom is 0.337 e. The van der Waals surface area contributed by atoms with E-state index < -0.39 is 5.92 Å². The quantitative estimate of drug-likeness (QED) is 0.564. The Labute approximate surface area is 182 Å². The van der Waals surface area contributed by atoms with Crippen molar-refractivity contribution in [3.8, 4) is 11.5 Å². The molecule has 4 aliphatic rings. The number of Topliss-reactive ketones (excluding diaryl/α,β-unsaturated/α-hetero) is 1. The molecule has 0 aromatic heterocycles. The molecule has 2 aliphatic carbocycles. The number of benzene rings is 1. The van der Waals surface area contributed by atoms with Gasteiger partial charge < -0.3 is 19.5 Å². The maximum atomic E-state index is 13.5. The average Bonchev–Trinajstić information content (AvgIpc) is 3.08. The molecule has 0 saturated heterocycles. The molecule has 164 valence electrons. The van der Waals surface area contributed by atoms with Gasteiger partial charge in [0.2, 0.25) is 6.79 Å². The number of ketones is 1. The molecule has 1 aromatic carbocycles. The Morgan fingerprint density at radius 1 is 1.03 bits per heavy atom. The number of carbonyl (C=O) groups excluding carboxylic acids is 2. The van der Waals surface area contributed by atoms with Crippen LogP contribution in [0.3, 0.4) is 0 Å². The highest BCUT2D eigenvalue weighted by Crippen LogP contribution is 2.45. The first-order valence-electron chi connectivity index (χ1n) is 11.5. The van der Waals surface area contributed by atoms with Crippen LogP contribution in [-0.4, -0.2) is 24.6 Å². The maximum absolute atomic E-state index is 13.5. The van der Waals surface area contributed by atoms with Crippen LogP contribution < -0.4 is 14.8 Å². The highest BCUT2D eigenvalue weighted by molar-refractivity contribution is 6.03. The van der Waals surface area contributed by atoms with Crippen molar-refractivity contribution in [1.29, 1.82) is 0 Å². The molecule has 0 radical (unpaired) electrons. The minimum absolute atomic E-state index is 0.0508. The molecule has 1 atom stereocenters. The standard InChI is InChI=1S/C25H29NO5/c1-15-22(25(28)31-17-7-4-2-3-5-8-17)23(24-18(26-15)9-6-10-19(24)27)16-11-12-20-21(13-16)30-14-29-20/h11-13,17,23,26H,2-10,14H2,1H3. The molecule has 2 heterocycles. The summed E-state index contributed by atoms with van der Waals surface area (Å²) < 4.78 is 17.1. The lowest BCUT2D eigenvalue weighted by atomic mass is 9.75. The van der Waals surface area contributed by atoms with Gasteiger partial charge in [0.1, 0.15) is 6.10 Å². The third-order valence-electron chi connectivity index (χ3n) is 6.80. The van der Waals surface area contributed by atoms with E-state index in [2.05, 4.69) is 5.32 Å². The molecule has 5 rings (SSSR count). The number of carbonyl (C=O) groups is 2. The Bertz CT molecular complexity index is 968. The number of rotatable bonds is 3. The summed E-state index contributed by atoms with van der Waals surface area (Å²) in [6, 6.07) is 5.69. The number of hydrogen-bond donors (Lipinski definition) is 1. The Balaban J connectivity index is 1.53. The Morgan fingerprint density at radius 2 is 1.81 bits per heavy atom. The zero-order chi connectivity index (χ0) is 21.4. The third-order valence-corrected chi connectivity index (χ3v) is 6.80. The molecular weight excluding hydrogens is 394 g/mol. The number of esters is 1. The van der Waals surface area contributed by atoms with Crippen LogP contribution in [0.25, 0.3) is 0 Å². The van der Waals surface area contributed by atoms with Gasteiger partial charge in [-0.05, 0) is 63.1 Å². The zero-order valence-electron chi connectivity index (χ0n) is 18.0. The highest BCUT2D eigenvalue weighted by atomic mass is 16.7. The lowest BCUT2D eigenvalue weighted by Gasteiger charge is -2.34. The fraction of sp³-hybridized carbons (Fsp3) is 0.520. The Morgan fingerprint density at radius 3 is 2.61 bits per heavy atom. The van der Waals surface area contributed by atoms with Crippen LogP contribution in [0.5, 0.6) is 11.5 Å². The third kappa shape index (κ3) is 3.84. The summed E-state index contributed by atoms with van der Waals surface area (Å²) >= 11 is 0. The van der Waals surface area contributed by atoms with Crippen LogP contribution in [0.2, 0.25) is 0 Å². The van der Waals surface area contributed by atoms with E-state index in [9.17, 15) is 9.59 Å². The van der Waals surface area contributed by atoms with Gasteiger partial charge in [0, 0.05) is 29.3 Å². The van der Waals surface area contributed by atoms with Gasteiger partial charge >= 0.3 is 5.97 Å². The fourth-order valence-electron chi connectivity index (χ4n) is 5.25. The first kappa shape index (κ1) is 20.2. The summed E-state index contributed by atoms with van der Waals surface area (Å²) in [6.45, 7) is 2.09. The molecule has 1 fully saturated rings. The molecule has 6 heteroatoms. The van der Waals surface area contributed by atoms with Gasteiger partial charge in [0.15, 0.2) is 17.3 Å². The summed E-state index contributed by atoms with van der Waals surface area (Å²) in [7, 11) is 0. The largest absolute Gasteiger partial charge is 0.459 e. The van der Waals surface area contributed by atoms with E-state index >= 15 is 0 Å². The Hall–Kier alpha value is -2.76. The van der Waals surface area contributed by atoms with Gasteiger partial charge in [-0.15, -0.1) is 0 Å². The minimum atomic E-state index is -0.447. The van der Waals surface area contributed by atoms with Gasteiger partial charge in [-0.3, -0.25) is 4.79 Å². The van der Waals surface area contributed by atoms with Crippen molar-refractivity contribution < 1.29 is 23.8 Å². The smallest absolute Gasteiger partial charge is 0.337 e. The molecule has 0 bridgehead atoms. The summed E-state index contributed by atoms with van der Waals surface area (Å²) in [5.41, 5.74) is 3.80. The fourth-order valence-corrected chi connectivity index (χ4v) is 5.25. The number of dihydropyridines is 1. The summed E-state index contributed by atoms with van der Waals surface area (Å²) in [5.74, 6) is 0.672. The minimum Gasteiger partial charge on any atom is -0.459 e. The van der Waals surface area contributed by atoms with E-state index in [1.54, 1.807) is 0 Å². The molecule has 31 heavy (non-hydrogen) atoms. The molecule has 1 unspecified atom stereocenters. The van der Waals surface area contributed by atoms with E-state index in [1.165, 1.54) is 12.8 Å². The van der Waals surface area contributed by atoms with E-state index in [-0.39, 0.29) is 24.6 Å². The van der Waals surface area contributed by atoms with Crippen LogP contribution in [-0.2, 0) is 14.3 Å². The molecule has 0 amide bonds. The van der Waals surface area contributed by atoms with Gasteiger partial charge in [-0.2, -0.15) is 0 Å². The summed E-state index contributed by atoms with van der Waals surface area (Å²) in [5, 5.41) is 3.36. The lowest BCUT2D eigenvalue weighted by molar-refractivity contribution is -0.145. The predicted molar refractivity (Wildman–Crippen MR) is 115 cm³/mol. The molecule has 1 N–H and O–H groups in total. The molecule has 6 nitrogen and oxygen atoms in total. The topological polar surface area (TPSA) is 73.9 Å². The number of hydrogen-bond acceptors (Lipinski definition) is 6. The van der Waals surface area contributed by atoms with Crippen LogP contribution in [0, 0.1) is 0 Å². The SMILES string of the molecule is CC1=C(C(=O)OC2CCCCCC2)C(c2ccc3c(c2)OCO3)C2=C(CCCC2=O)N1. The van der Waals surface area contributed by atoms with Crippen molar-refractivity contribution in [3.63, 3.8) is 0 Å². The van der Waals surface area contributed by atoms with Crippen molar-refractivity contribution in [2.45, 2.75) is 76.7 Å². The van der Waals surface area contributed by atoms with E-state index in [1.807, 2.05) is 25.1 Å². The normalized spacial score (nSPS) is 23.9. The average molecular weight is 424 g/mol. The summed E-state index contributed by atoms with van der Waals surface area (Å²) in [4.78, 5) is 26.5. The van der Waals surface area contributed by atoms with Crippen molar-refractivity contribution in [2.24, 2.45) is 0 Å². The van der Waals surface area contributed by atoms with Gasteiger partial charge in [-0.25, -0.2) is 4.79 Å². The molecule has 1 aromatic rings. The van der Waals surface area contributed by atoms with E-state index in [0.717, 1.165) is 55.5 Å². The van der Waals surface area contributed by atoms with Crippen LogP contribution in [0.15, 0.2) is 40.7 Å². The summed E-state index contributed by atoms with van der Waals surface area (Å²) in [6.07, 6.45) is 8.49. The Kier molecular flexibility index (Phi) is 5.47. The first-order chi connectivity index (χ1) is 15.1. The van der Waals surface area contributed by atoms with Crippen molar-refractivity contribution >= 4 is 11.8 Å². The molecule has 2 aliphatic heterocycles. The second kappa shape index (κ2) is 8.40. The second-order valence-corrected chi connectivity index (χ2v) is 8.90. The van der Waals surface area contributed by atoms with E-state index in [4.69, 9.17) is 14.2 Å². The molecule has 1 saturated carbocycles. The first-order valence-corrected chi connectivity index (χ1v) is 11.5. The second-order valence-electron chi connectivity index (χ2n) is 8.90. The van der Waals surface area contributed by atoms with Crippen molar-refractivity contribution in [3.05, 3.63) is 46.3 Å². The van der Waals surface area contributed by atoms with Crippen LogP contribution >= 0.6 is 0 Å². The molecule has 0 spiro atoms. The van der Waals surface area contributed by atoms with Crippen LogP contribution in [0.1, 0.15) is 76.2 Å². The number of ether oxygens (including phenoxy) is 3. The lowest BCUT2D eigenvalue weighted by Crippen LogP contribution is -2.35. The number of allylic oxidation sites excluding steroid dienone is 3. The van der Waals surface area contributed by atoms with E-state index in [0.29, 0.717) is 29.1 Å².